The Kier molecular flexibility index (Phi) is 6.04. The first kappa shape index (κ1) is 19.3. The summed E-state index contributed by atoms with van der Waals surface area (Å²) >= 11 is 5.85. The highest BCUT2D eigenvalue weighted by atomic mass is 35.5. The smallest absolute Gasteiger partial charge is 0.258 e. The molecule has 1 amide bonds. The molecule has 1 atom stereocenters. The maximum Gasteiger partial charge on any atom is 0.258 e. The van der Waals surface area contributed by atoms with Crippen LogP contribution in [0.2, 0.25) is 5.02 Å². The highest BCUT2D eigenvalue weighted by Gasteiger charge is 2.20. The Hall–Kier alpha value is -2.50. The van der Waals surface area contributed by atoms with Gasteiger partial charge in [0.15, 0.2) is 6.61 Å². The SMILES string of the molecule is CN(C)C(CNC(=O)COc1ccc(Cl)cc1)c1cn(C)c2ccccc12. The summed E-state index contributed by atoms with van der Waals surface area (Å²) < 4.78 is 7.62. The second kappa shape index (κ2) is 8.46. The minimum absolute atomic E-state index is 0.0304. The van der Waals surface area contributed by atoms with Gasteiger partial charge in [0.1, 0.15) is 5.75 Å². The van der Waals surface area contributed by atoms with Gasteiger partial charge in [-0.2, -0.15) is 0 Å². The van der Waals surface area contributed by atoms with Gasteiger partial charge in [-0.3, -0.25) is 4.79 Å². The molecule has 2 aromatic carbocycles. The fourth-order valence-electron chi connectivity index (χ4n) is 3.15. The number of hydrogen-bond donors (Lipinski definition) is 1. The first-order chi connectivity index (χ1) is 13.0. The van der Waals surface area contributed by atoms with Crippen molar-refractivity contribution in [2.45, 2.75) is 6.04 Å². The molecular weight excluding hydrogens is 362 g/mol. The van der Waals surface area contributed by atoms with E-state index in [4.69, 9.17) is 16.3 Å². The average molecular weight is 386 g/mol. The minimum atomic E-state index is -0.156. The van der Waals surface area contributed by atoms with Crippen LogP contribution in [-0.2, 0) is 11.8 Å². The molecule has 142 valence electrons. The van der Waals surface area contributed by atoms with E-state index in [9.17, 15) is 4.79 Å². The van der Waals surface area contributed by atoms with Gasteiger partial charge < -0.3 is 19.5 Å². The zero-order chi connectivity index (χ0) is 19.4. The standard InChI is InChI=1S/C21H24ClN3O2/c1-24(2)20(18-13-25(3)19-7-5-4-6-17(18)19)12-23-21(26)14-27-16-10-8-15(22)9-11-16/h4-11,13,20H,12,14H2,1-3H3,(H,23,26). The topological polar surface area (TPSA) is 46.5 Å². The van der Waals surface area contributed by atoms with Crippen molar-refractivity contribution in [3.05, 3.63) is 65.3 Å². The van der Waals surface area contributed by atoms with Crippen LogP contribution in [0.1, 0.15) is 11.6 Å². The maximum atomic E-state index is 12.2. The summed E-state index contributed by atoms with van der Waals surface area (Å²) in [6, 6.07) is 15.3. The summed E-state index contributed by atoms with van der Waals surface area (Å²) in [6.07, 6.45) is 2.13. The zero-order valence-electron chi connectivity index (χ0n) is 15.8. The Balaban J connectivity index is 1.64. The molecule has 0 saturated carbocycles. The number of benzene rings is 2. The van der Waals surface area contributed by atoms with E-state index in [-0.39, 0.29) is 18.6 Å². The van der Waals surface area contributed by atoms with Gasteiger partial charge in [0, 0.05) is 35.7 Å². The summed E-state index contributed by atoms with van der Waals surface area (Å²) in [7, 11) is 6.07. The first-order valence-electron chi connectivity index (χ1n) is 8.81. The summed E-state index contributed by atoms with van der Waals surface area (Å²) in [5, 5.41) is 4.81. The summed E-state index contributed by atoms with van der Waals surface area (Å²) in [5.41, 5.74) is 2.37. The number of hydrogen-bond acceptors (Lipinski definition) is 3. The van der Waals surface area contributed by atoms with Crippen LogP contribution in [-0.4, -0.2) is 42.6 Å². The highest BCUT2D eigenvalue weighted by molar-refractivity contribution is 6.30. The number of para-hydroxylation sites is 1. The maximum absolute atomic E-state index is 12.2. The van der Waals surface area contributed by atoms with Gasteiger partial charge in [-0.25, -0.2) is 0 Å². The van der Waals surface area contributed by atoms with Crippen LogP contribution in [0.15, 0.2) is 54.7 Å². The molecule has 27 heavy (non-hydrogen) atoms. The molecule has 0 saturated heterocycles. The van der Waals surface area contributed by atoms with Crippen LogP contribution in [0.5, 0.6) is 5.75 Å². The van der Waals surface area contributed by atoms with E-state index in [1.165, 1.54) is 16.5 Å². The van der Waals surface area contributed by atoms with E-state index in [1.54, 1.807) is 24.3 Å². The number of rotatable bonds is 7. The lowest BCUT2D eigenvalue weighted by Gasteiger charge is -2.24. The summed E-state index contributed by atoms with van der Waals surface area (Å²) in [6.45, 7) is 0.473. The monoisotopic (exact) mass is 385 g/mol. The van der Waals surface area contributed by atoms with Crippen molar-refractivity contribution in [2.24, 2.45) is 7.05 Å². The van der Waals surface area contributed by atoms with Crippen LogP contribution in [0, 0.1) is 0 Å². The number of ether oxygens (including phenoxy) is 1. The van der Waals surface area contributed by atoms with Crippen molar-refractivity contribution in [3.8, 4) is 5.75 Å². The molecule has 0 aliphatic heterocycles. The Morgan fingerprint density at radius 2 is 1.89 bits per heavy atom. The second-order valence-corrected chi connectivity index (χ2v) is 7.18. The van der Waals surface area contributed by atoms with E-state index in [0.717, 1.165) is 0 Å². The molecule has 1 aromatic heterocycles. The number of amides is 1. The third kappa shape index (κ3) is 4.62. The van der Waals surface area contributed by atoms with Gasteiger partial charge in [0.2, 0.25) is 0 Å². The van der Waals surface area contributed by atoms with E-state index in [1.807, 2.05) is 33.3 Å². The molecule has 1 N–H and O–H groups in total. The van der Waals surface area contributed by atoms with Crippen molar-refractivity contribution in [2.75, 3.05) is 27.2 Å². The summed E-state index contributed by atoms with van der Waals surface area (Å²) in [5.74, 6) is 0.463. The van der Waals surface area contributed by atoms with E-state index in [2.05, 4.69) is 33.1 Å². The number of likely N-dealkylation sites (N-methyl/N-ethyl adjacent to an activating group) is 1. The van der Waals surface area contributed by atoms with Gasteiger partial charge in [-0.15, -0.1) is 0 Å². The molecular formula is C21H24ClN3O2. The Labute approximate surface area is 164 Å². The quantitative estimate of drug-likeness (QED) is 0.675. The molecule has 0 bridgehead atoms. The largest absolute Gasteiger partial charge is 0.484 e. The predicted molar refractivity (Wildman–Crippen MR) is 109 cm³/mol. The molecule has 6 heteroatoms. The molecule has 0 aliphatic carbocycles. The molecule has 0 spiro atoms. The molecule has 1 unspecified atom stereocenters. The van der Waals surface area contributed by atoms with Gasteiger partial charge in [0.05, 0.1) is 6.04 Å². The number of carbonyl (C=O) groups is 1. The minimum Gasteiger partial charge on any atom is -0.484 e. The summed E-state index contributed by atoms with van der Waals surface area (Å²) in [4.78, 5) is 14.3. The third-order valence-corrected chi connectivity index (χ3v) is 4.84. The molecule has 0 fully saturated rings. The van der Waals surface area contributed by atoms with Crippen molar-refractivity contribution in [1.29, 1.82) is 0 Å². The fourth-order valence-corrected chi connectivity index (χ4v) is 3.28. The number of nitrogens with one attached hydrogen (secondary N) is 1. The van der Waals surface area contributed by atoms with Crippen molar-refractivity contribution in [3.63, 3.8) is 0 Å². The number of aromatic nitrogens is 1. The first-order valence-corrected chi connectivity index (χ1v) is 9.19. The Bertz CT molecular complexity index is 919. The molecule has 3 rings (SSSR count). The molecule has 0 aliphatic rings. The van der Waals surface area contributed by atoms with Gasteiger partial charge in [-0.1, -0.05) is 29.8 Å². The van der Waals surface area contributed by atoms with Crippen molar-refractivity contribution >= 4 is 28.4 Å². The average Bonchev–Trinajstić information content (AvgIpc) is 2.98. The molecule has 5 nitrogen and oxygen atoms in total. The molecule has 0 radical (unpaired) electrons. The lowest BCUT2D eigenvalue weighted by molar-refractivity contribution is -0.123. The van der Waals surface area contributed by atoms with E-state index < -0.39 is 0 Å². The van der Waals surface area contributed by atoms with Crippen LogP contribution < -0.4 is 10.1 Å². The number of carbonyl (C=O) groups excluding carboxylic acids is 1. The van der Waals surface area contributed by atoms with Crippen molar-refractivity contribution in [1.82, 2.24) is 14.8 Å². The van der Waals surface area contributed by atoms with E-state index >= 15 is 0 Å². The Morgan fingerprint density at radius 1 is 1.19 bits per heavy atom. The van der Waals surface area contributed by atoms with Gasteiger partial charge in [0.25, 0.3) is 5.91 Å². The van der Waals surface area contributed by atoms with Crippen LogP contribution >= 0.6 is 11.6 Å². The van der Waals surface area contributed by atoms with Crippen molar-refractivity contribution < 1.29 is 9.53 Å². The zero-order valence-corrected chi connectivity index (χ0v) is 16.5. The highest BCUT2D eigenvalue weighted by Crippen LogP contribution is 2.28. The van der Waals surface area contributed by atoms with Crippen LogP contribution in [0.4, 0.5) is 0 Å². The van der Waals surface area contributed by atoms with Gasteiger partial charge in [-0.05, 0) is 50.0 Å². The number of aryl methyl sites for hydroxylation is 1. The Morgan fingerprint density at radius 3 is 2.59 bits per heavy atom. The lowest BCUT2D eigenvalue weighted by atomic mass is 10.0. The third-order valence-electron chi connectivity index (χ3n) is 4.59. The number of fused-ring (bicyclic) bond motifs is 1. The van der Waals surface area contributed by atoms with E-state index in [0.29, 0.717) is 17.3 Å². The number of nitrogens with zero attached hydrogens (tertiary/aromatic N) is 2. The lowest BCUT2D eigenvalue weighted by Crippen LogP contribution is -2.36. The predicted octanol–water partition coefficient (Wildman–Crippen LogP) is 3.63. The normalized spacial score (nSPS) is 12.3. The van der Waals surface area contributed by atoms with Gasteiger partial charge >= 0.3 is 0 Å². The number of halogens is 1. The van der Waals surface area contributed by atoms with Crippen LogP contribution in [0.3, 0.4) is 0 Å². The second-order valence-electron chi connectivity index (χ2n) is 6.74. The molecule has 3 aromatic rings. The van der Waals surface area contributed by atoms with Crippen LogP contribution in [0.25, 0.3) is 10.9 Å². The fraction of sp³-hybridized carbons (Fsp3) is 0.286. The molecule has 1 heterocycles.